The highest BCUT2D eigenvalue weighted by molar-refractivity contribution is 5.64. The summed E-state index contributed by atoms with van der Waals surface area (Å²) in [5.41, 5.74) is 6.90. The maximum absolute atomic E-state index is 13.2. The van der Waals surface area contributed by atoms with Crippen molar-refractivity contribution in [2.24, 2.45) is 0 Å². The molecule has 1 heterocycles. The summed E-state index contributed by atoms with van der Waals surface area (Å²) >= 11 is 0. The van der Waals surface area contributed by atoms with E-state index in [2.05, 4.69) is 47.6 Å². The van der Waals surface area contributed by atoms with E-state index >= 15 is 0 Å². The summed E-state index contributed by atoms with van der Waals surface area (Å²) in [6.45, 7) is 5.75. The van der Waals surface area contributed by atoms with Gasteiger partial charge in [-0.15, -0.1) is 0 Å². The molecule has 0 aliphatic heterocycles. The number of benzene rings is 2. The molecular weight excluding hydrogens is 301 g/mol. The minimum atomic E-state index is -0.181. The summed E-state index contributed by atoms with van der Waals surface area (Å²) in [7, 11) is 0. The van der Waals surface area contributed by atoms with Crippen molar-refractivity contribution in [3.63, 3.8) is 0 Å². The third-order valence-corrected chi connectivity index (χ3v) is 4.31. The second-order valence-corrected chi connectivity index (χ2v) is 6.13. The minimum Gasteiger partial charge on any atom is -0.312 e. The van der Waals surface area contributed by atoms with Crippen LogP contribution in [-0.2, 0) is 13.0 Å². The highest BCUT2D eigenvalue weighted by Crippen LogP contribution is 2.23. The average molecular weight is 323 g/mol. The Morgan fingerprint density at radius 1 is 1.08 bits per heavy atom. The number of aryl methyl sites for hydroxylation is 2. The molecule has 3 nitrogen and oxygen atoms in total. The number of aromatic amines is 1. The number of nitrogens with zero attached hydrogens (tertiary/aromatic N) is 1. The van der Waals surface area contributed by atoms with Crippen LogP contribution in [0.3, 0.4) is 0 Å². The zero-order chi connectivity index (χ0) is 16.9. The summed E-state index contributed by atoms with van der Waals surface area (Å²) in [5.74, 6) is -0.181. The Morgan fingerprint density at radius 2 is 1.96 bits per heavy atom. The molecule has 0 radical (unpaired) electrons. The lowest BCUT2D eigenvalue weighted by molar-refractivity contribution is 0.622. The van der Waals surface area contributed by atoms with E-state index in [0.29, 0.717) is 0 Å². The van der Waals surface area contributed by atoms with Gasteiger partial charge in [-0.25, -0.2) is 4.39 Å². The molecule has 0 atom stereocenters. The molecule has 24 heavy (non-hydrogen) atoms. The third kappa shape index (κ3) is 3.89. The van der Waals surface area contributed by atoms with Crippen LogP contribution in [-0.4, -0.2) is 16.7 Å². The number of nitrogens with one attached hydrogen (secondary N) is 2. The van der Waals surface area contributed by atoms with Gasteiger partial charge in [0.15, 0.2) is 0 Å². The van der Waals surface area contributed by atoms with Gasteiger partial charge < -0.3 is 5.32 Å². The lowest BCUT2D eigenvalue weighted by atomic mass is 10.0. The molecule has 0 aliphatic carbocycles. The Bertz CT molecular complexity index is 823. The first-order valence-electron chi connectivity index (χ1n) is 8.18. The number of hydrogen-bond acceptors (Lipinski definition) is 2. The van der Waals surface area contributed by atoms with Crippen molar-refractivity contribution in [3.05, 3.63) is 76.7 Å². The molecule has 0 saturated carbocycles. The van der Waals surface area contributed by atoms with Crippen molar-refractivity contribution in [3.8, 4) is 11.3 Å². The summed E-state index contributed by atoms with van der Waals surface area (Å²) in [5, 5.41) is 10.7. The van der Waals surface area contributed by atoms with Gasteiger partial charge in [0.2, 0.25) is 0 Å². The predicted octanol–water partition coefficient (Wildman–Crippen LogP) is 4.16. The van der Waals surface area contributed by atoms with E-state index in [1.807, 2.05) is 12.3 Å². The fourth-order valence-electron chi connectivity index (χ4n) is 2.74. The van der Waals surface area contributed by atoms with E-state index in [1.165, 1.54) is 17.2 Å². The standard InChI is InChI=1S/C20H22FN3/c1-14-6-7-17(10-15(14)2)20-18(13-23-24-20)12-22-9-8-16-4-3-5-19(21)11-16/h3-7,10-11,13,22H,8-9,12H2,1-2H3,(H,23,24). The zero-order valence-corrected chi connectivity index (χ0v) is 14.1. The molecule has 0 fully saturated rings. The van der Waals surface area contributed by atoms with Gasteiger partial charge in [-0.3, -0.25) is 5.10 Å². The van der Waals surface area contributed by atoms with Crippen LogP contribution in [0.1, 0.15) is 22.3 Å². The molecule has 3 aromatic rings. The fraction of sp³-hybridized carbons (Fsp3) is 0.250. The van der Waals surface area contributed by atoms with Crippen molar-refractivity contribution in [2.75, 3.05) is 6.54 Å². The second kappa shape index (κ2) is 7.41. The molecule has 0 aliphatic rings. The lowest BCUT2D eigenvalue weighted by Gasteiger charge is -2.08. The molecule has 2 N–H and O–H groups in total. The van der Waals surface area contributed by atoms with Crippen molar-refractivity contribution in [1.82, 2.24) is 15.5 Å². The number of aromatic nitrogens is 2. The van der Waals surface area contributed by atoms with Crippen molar-refractivity contribution in [2.45, 2.75) is 26.8 Å². The van der Waals surface area contributed by atoms with Gasteiger partial charge in [-0.05, 0) is 61.7 Å². The van der Waals surface area contributed by atoms with Crippen LogP contribution in [0, 0.1) is 19.7 Å². The summed E-state index contributed by atoms with van der Waals surface area (Å²) in [6, 6.07) is 13.2. The first-order chi connectivity index (χ1) is 11.6. The molecule has 1 aromatic heterocycles. The fourth-order valence-corrected chi connectivity index (χ4v) is 2.74. The van der Waals surface area contributed by atoms with E-state index < -0.39 is 0 Å². The van der Waals surface area contributed by atoms with E-state index in [4.69, 9.17) is 0 Å². The Hall–Kier alpha value is -2.46. The SMILES string of the molecule is Cc1ccc(-c2[nH]ncc2CNCCc2cccc(F)c2)cc1C. The first-order valence-corrected chi connectivity index (χ1v) is 8.18. The Morgan fingerprint density at radius 3 is 2.75 bits per heavy atom. The number of halogens is 1. The van der Waals surface area contributed by atoms with Crippen LogP contribution in [0.4, 0.5) is 4.39 Å². The first kappa shape index (κ1) is 16.4. The van der Waals surface area contributed by atoms with Gasteiger partial charge in [0.1, 0.15) is 5.82 Å². The molecular formula is C20H22FN3. The predicted molar refractivity (Wildman–Crippen MR) is 95.3 cm³/mol. The molecule has 3 rings (SSSR count). The van der Waals surface area contributed by atoms with Crippen LogP contribution in [0.15, 0.2) is 48.7 Å². The van der Waals surface area contributed by atoms with E-state index in [9.17, 15) is 4.39 Å². The highest BCUT2D eigenvalue weighted by atomic mass is 19.1. The minimum absolute atomic E-state index is 0.181. The largest absolute Gasteiger partial charge is 0.312 e. The van der Waals surface area contributed by atoms with Gasteiger partial charge in [0.25, 0.3) is 0 Å². The second-order valence-electron chi connectivity index (χ2n) is 6.13. The molecule has 4 heteroatoms. The highest BCUT2D eigenvalue weighted by Gasteiger charge is 2.08. The van der Waals surface area contributed by atoms with Gasteiger partial charge >= 0.3 is 0 Å². The van der Waals surface area contributed by atoms with Gasteiger partial charge in [-0.2, -0.15) is 5.10 Å². The molecule has 0 spiro atoms. The Kier molecular flexibility index (Phi) is 5.06. The molecule has 0 unspecified atom stereocenters. The van der Waals surface area contributed by atoms with Gasteiger partial charge in [-0.1, -0.05) is 24.3 Å². The molecule has 0 saturated heterocycles. The van der Waals surface area contributed by atoms with Gasteiger partial charge in [0, 0.05) is 17.7 Å². The molecule has 0 amide bonds. The summed E-state index contributed by atoms with van der Waals surface area (Å²) in [6.07, 6.45) is 2.66. The van der Waals surface area contributed by atoms with Crippen molar-refractivity contribution < 1.29 is 4.39 Å². The monoisotopic (exact) mass is 323 g/mol. The number of hydrogen-bond donors (Lipinski definition) is 2. The van der Waals surface area contributed by atoms with E-state index in [-0.39, 0.29) is 5.82 Å². The van der Waals surface area contributed by atoms with Crippen LogP contribution >= 0.6 is 0 Å². The molecule has 124 valence electrons. The van der Waals surface area contributed by atoms with Crippen molar-refractivity contribution >= 4 is 0 Å². The summed E-state index contributed by atoms with van der Waals surface area (Å²) < 4.78 is 13.2. The molecule has 2 aromatic carbocycles. The number of rotatable bonds is 6. The maximum Gasteiger partial charge on any atom is 0.123 e. The smallest absolute Gasteiger partial charge is 0.123 e. The Balaban J connectivity index is 1.60. The van der Waals surface area contributed by atoms with Crippen LogP contribution in [0.25, 0.3) is 11.3 Å². The van der Waals surface area contributed by atoms with Crippen molar-refractivity contribution in [1.29, 1.82) is 0 Å². The number of H-pyrrole nitrogens is 1. The third-order valence-electron chi connectivity index (χ3n) is 4.31. The Labute approximate surface area is 141 Å². The normalized spacial score (nSPS) is 11.0. The zero-order valence-electron chi connectivity index (χ0n) is 14.1. The average Bonchev–Trinajstić information content (AvgIpc) is 3.03. The summed E-state index contributed by atoms with van der Waals surface area (Å²) in [4.78, 5) is 0. The molecule has 0 bridgehead atoms. The van der Waals surface area contributed by atoms with Crippen LogP contribution < -0.4 is 5.32 Å². The topological polar surface area (TPSA) is 40.7 Å². The lowest BCUT2D eigenvalue weighted by Crippen LogP contribution is -2.16. The quantitative estimate of drug-likeness (QED) is 0.669. The maximum atomic E-state index is 13.2. The van der Waals surface area contributed by atoms with Crippen LogP contribution in [0.5, 0.6) is 0 Å². The van der Waals surface area contributed by atoms with E-state index in [1.54, 1.807) is 12.1 Å². The van der Waals surface area contributed by atoms with E-state index in [0.717, 1.165) is 41.9 Å². The van der Waals surface area contributed by atoms with Gasteiger partial charge in [0.05, 0.1) is 11.9 Å². The van der Waals surface area contributed by atoms with Crippen LogP contribution in [0.2, 0.25) is 0 Å².